The Kier molecular flexibility index (Phi) is 2.86. The Morgan fingerprint density at radius 1 is 1.50 bits per heavy atom. The van der Waals surface area contributed by atoms with Gasteiger partial charge in [-0.15, -0.1) is 0 Å². The highest BCUT2D eigenvalue weighted by Crippen LogP contribution is 2.20. The van der Waals surface area contributed by atoms with Crippen LogP contribution in [0.3, 0.4) is 0 Å². The molecule has 0 N–H and O–H groups in total. The van der Waals surface area contributed by atoms with Crippen molar-refractivity contribution in [3.05, 3.63) is 0 Å². The van der Waals surface area contributed by atoms with Crippen molar-refractivity contribution < 1.29 is 13.9 Å². The van der Waals surface area contributed by atoms with E-state index in [1.54, 1.807) is 0 Å². The Balaban J connectivity index is 2.66. The Morgan fingerprint density at radius 2 is 2.07 bits per heavy atom. The van der Waals surface area contributed by atoms with Crippen LogP contribution in [0.5, 0.6) is 0 Å². The second-order valence-corrected chi connectivity index (χ2v) is 4.81. The van der Waals surface area contributed by atoms with Gasteiger partial charge in [0, 0.05) is 13.1 Å². The van der Waals surface area contributed by atoms with Crippen LogP contribution < -0.4 is 0 Å². The van der Waals surface area contributed by atoms with E-state index in [-0.39, 0.29) is 5.60 Å². The average molecular weight is 203 g/mol. The van der Waals surface area contributed by atoms with Gasteiger partial charge in [-0.1, -0.05) is 0 Å². The Bertz CT molecular complexity index is 233. The quantitative estimate of drug-likeness (QED) is 0.644. The number of nitrogens with zero attached hydrogens (tertiary/aromatic N) is 1. The number of hydrogen-bond acceptors (Lipinski definition) is 2. The summed E-state index contributed by atoms with van der Waals surface area (Å²) in [6.45, 7) is 7.80. The molecular weight excluding hydrogens is 185 g/mol. The number of rotatable bonds is 1. The molecule has 0 aliphatic carbocycles. The van der Waals surface area contributed by atoms with Crippen LogP contribution >= 0.6 is 0 Å². The van der Waals surface area contributed by atoms with Gasteiger partial charge in [0.15, 0.2) is 5.67 Å². The van der Waals surface area contributed by atoms with Crippen molar-refractivity contribution in [2.45, 2.75) is 39.0 Å². The van der Waals surface area contributed by atoms with Crippen molar-refractivity contribution in [1.29, 1.82) is 0 Å². The number of carbonyl (C=O) groups excluding carboxylic acids is 1. The molecule has 0 aromatic carbocycles. The lowest BCUT2D eigenvalue weighted by atomic mass is 10.0. The van der Waals surface area contributed by atoms with Crippen molar-refractivity contribution in [3.8, 4) is 0 Å². The molecule has 1 saturated heterocycles. The zero-order valence-electron chi connectivity index (χ0n) is 9.26. The topological polar surface area (TPSA) is 29.5 Å². The standard InChI is InChI=1S/C10H18FNO2/c1-9(2)7-12(5-6-14-9)8(13)10(3,4)11/h5-7H2,1-4H3. The van der Waals surface area contributed by atoms with E-state index >= 15 is 0 Å². The highest BCUT2D eigenvalue weighted by molar-refractivity contribution is 5.84. The molecule has 1 heterocycles. The van der Waals surface area contributed by atoms with E-state index in [1.807, 2.05) is 13.8 Å². The largest absolute Gasteiger partial charge is 0.372 e. The first kappa shape index (κ1) is 11.4. The van der Waals surface area contributed by atoms with E-state index in [1.165, 1.54) is 18.7 Å². The van der Waals surface area contributed by atoms with Gasteiger partial charge in [0.25, 0.3) is 5.91 Å². The molecule has 3 nitrogen and oxygen atoms in total. The normalized spacial score (nSPS) is 22.2. The smallest absolute Gasteiger partial charge is 0.259 e. The fraction of sp³-hybridized carbons (Fsp3) is 0.900. The summed E-state index contributed by atoms with van der Waals surface area (Å²) < 4.78 is 18.8. The van der Waals surface area contributed by atoms with Crippen LogP contribution in [-0.4, -0.2) is 41.8 Å². The predicted molar refractivity (Wildman–Crippen MR) is 51.8 cm³/mol. The number of ether oxygens (including phenoxy) is 1. The highest BCUT2D eigenvalue weighted by Gasteiger charge is 2.37. The highest BCUT2D eigenvalue weighted by atomic mass is 19.1. The second kappa shape index (κ2) is 3.50. The molecule has 82 valence electrons. The molecule has 1 rings (SSSR count). The van der Waals surface area contributed by atoms with Crippen molar-refractivity contribution in [1.82, 2.24) is 4.90 Å². The summed E-state index contributed by atoms with van der Waals surface area (Å²) in [5.41, 5.74) is -2.15. The molecule has 0 saturated carbocycles. The summed E-state index contributed by atoms with van der Waals surface area (Å²) in [5.74, 6) is -0.450. The van der Waals surface area contributed by atoms with Gasteiger partial charge in [-0.3, -0.25) is 4.79 Å². The summed E-state index contributed by atoms with van der Waals surface area (Å²) in [4.78, 5) is 13.1. The SMILES string of the molecule is CC1(C)CN(C(=O)C(C)(C)F)CCO1. The number of alkyl halides is 1. The van der Waals surface area contributed by atoms with Crippen molar-refractivity contribution in [2.75, 3.05) is 19.7 Å². The van der Waals surface area contributed by atoms with E-state index in [4.69, 9.17) is 4.74 Å². The summed E-state index contributed by atoms with van der Waals surface area (Å²) in [6.07, 6.45) is 0. The van der Waals surface area contributed by atoms with Gasteiger partial charge in [0.05, 0.1) is 12.2 Å². The molecule has 0 aromatic heterocycles. The first-order chi connectivity index (χ1) is 6.22. The van der Waals surface area contributed by atoms with Gasteiger partial charge < -0.3 is 9.64 Å². The van der Waals surface area contributed by atoms with E-state index in [2.05, 4.69) is 0 Å². The summed E-state index contributed by atoms with van der Waals surface area (Å²) in [6, 6.07) is 0. The van der Waals surface area contributed by atoms with Crippen LogP contribution in [-0.2, 0) is 9.53 Å². The van der Waals surface area contributed by atoms with Crippen LogP contribution in [0.1, 0.15) is 27.7 Å². The lowest BCUT2D eigenvalue weighted by Crippen LogP contribution is -2.54. The molecule has 0 spiro atoms. The number of halogens is 1. The van der Waals surface area contributed by atoms with Crippen molar-refractivity contribution in [3.63, 3.8) is 0 Å². The Labute approximate surface area is 84.2 Å². The van der Waals surface area contributed by atoms with Crippen LogP contribution in [0.25, 0.3) is 0 Å². The first-order valence-electron chi connectivity index (χ1n) is 4.85. The van der Waals surface area contributed by atoms with Gasteiger partial charge >= 0.3 is 0 Å². The average Bonchev–Trinajstić information content (AvgIpc) is 1.99. The van der Waals surface area contributed by atoms with Gasteiger partial charge in [-0.05, 0) is 27.7 Å². The molecule has 14 heavy (non-hydrogen) atoms. The summed E-state index contributed by atoms with van der Waals surface area (Å²) >= 11 is 0. The van der Waals surface area contributed by atoms with Crippen LogP contribution in [0.2, 0.25) is 0 Å². The maximum absolute atomic E-state index is 13.4. The van der Waals surface area contributed by atoms with Gasteiger partial charge in [-0.25, -0.2) is 4.39 Å². The third-order valence-corrected chi connectivity index (χ3v) is 2.22. The maximum Gasteiger partial charge on any atom is 0.259 e. The molecule has 0 atom stereocenters. The van der Waals surface area contributed by atoms with Gasteiger partial charge in [0.2, 0.25) is 0 Å². The predicted octanol–water partition coefficient (Wildman–Crippen LogP) is 1.37. The number of amides is 1. The lowest BCUT2D eigenvalue weighted by Gasteiger charge is -2.39. The van der Waals surface area contributed by atoms with Crippen LogP contribution in [0.15, 0.2) is 0 Å². The lowest BCUT2D eigenvalue weighted by molar-refractivity contribution is -0.155. The third kappa shape index (κ3) is 2.67. The number of carbonyl (C=O) groups is 1. The zero-order chi connectivity index (χ0) is 11.0. The van der Waals surface area contributed by atoms with Crippen molar-refractivity contribution in [2.24, 2.45) is 0 Å². The van der Waals surface area contributed by atoms with E-state index in [9.17, 15) is 9.18 Å². The van der Waals surface area contributed by atoms with E-state index in [0.29, 0.717) is 19.7 Å². The van der Waals surface area contributed by atoms with Gasteiger partial charge in [-0.2, -0.15) is 0 Å². The molecule has 1 aliphatic heterocycles. The summed E-state index contributed by atoms with van der Waals surface area (Å²) in [5, 5.41) is 0. The number of hydrogen-bond donors (Lipinski definition) is 0. The molecule has 1 fully saturated rings. The van der Waals surface area contributed by atoms with Crippen LogP contribution in [0.4, 0.5) is 4.39 Å². The molecular formula is C10H18FNO2. The fourth-order valence-electron chi connectivity index (χ4n) is 1.57. The first-order valence-corrected chi connectivity index (χ1v) is 4.85. The summed E-state index contributed by atoms with van der Waals surface area (Å²) in [7, 11) is 0. The monoisotopic (exact) mass is 203 g/mol. The Morgan fingerprint density at radius 3 is 2.50 bits per heavy atom. The van der Waals surface area contributed by atoms with E-state index in [0.717, 1.165) is 0 Å². The molecule has 1 aliphatic rings. The fourth-order valence-corrected chi connectivity index (χ4v) is 1.57. The minimum atomic E-state index is -1.78. The minimum absolute atomic E-state index is 0.362. The number of morpholine rings is 1. The maximum atomic E-state index is 13.4. The molecule has 1 amide bonds. The molecule has 0 unspecified atom stereocenters. The Hall–Kier alpha value is -0.640. The van der Waals surface area contributed by atoms with Crippen molar-refractivity contribution >= 4 is 5.91 Å². The van der Waals surface area contributed by atoms with Gasteiger partial charge in [0.1, 0.15) is 0 Å². The van der Waals surface area contributed by atoms with Crippen LogP contribution in [0, 0.1) is 0 Å². The zero-order valence-corrected chi connectivity index (χ0v) is 9.26. The molecule has 0 bridgehead atoms. The molecule has 4 heteroatoms. The van der Waals surface area contributed by atoms with E-state index < -0.39 is 11.6 Å². The third-order valence-electron chi connectivity index (χ3n) is 2.22. The second-order valence-electron chi connectivity index (χ2n) is 4.81. The molecule has 0 radical (unpaired) electrons. The molecule has 0 aromatic rings. The minimum Gasteiger partial charge on any atom is -0.372 e.